The third-order valence-corrected chi connectivity index (χ3v) is 2.18. The summed E-state index contributed by atoms with van der Waals surface area (Å²) in [7, 11) is 0. The van der Waals surface area contributed by atoms with Gasteiger partial charge in [-0.2, -0.15) is 8.78 Å². The summed E-state index contributed by atoms with van der Waals surface area (Å²) < 4.78 is 49.3. The number of carbonyl (C=O) groups is 1. The van der Waals surface area contributed by atoms with Gasteiger partial charge in [0, 0.05) is 19.1 Å². The number of hydrogen-bond donors (Lipinski definition) is 1. The number of amides is 1. The molecule has 0 spiro atoms. The summed E-state index contributed by atoms with van der Waals surface area (Å²) in [6.07, 6.45) is -2.82. The van der Waals surface area contributed by atoms with Crippen LogP contribution < -0.4 is 5.73 Å². The van der Waals surface area contributed by atoms with Crippen molar-refractivity contribution in [3.8, 4) is 0 Å². The first-order valence-corrected chi connectivity index (χ1v) is 4.58. The maximum Gasteiger partial charge on any atom is 0.383 e. The Bertz CT molecular complexity index is 243. The molecule has 0 aliphatic heterocycles. The molecule has 0 radical (unpaired) electrons. The van der Waals surface area contributed by atoms with Gasteiger partial charge in [-0.1, -0.05) is 0 Å². The van der Waals surface area contributed by atoms with Gasteiger partial charge in [-0.25, -0.2) is 8.78 Å². The minimum atomic E-state index is -4.60. The van der Waals surface area contributed by atoms with E-state index in [2.05, 4.69) is 0 Å². The van der Waals surface area contributed by atoms with Crippen LogP contribution in [0.25, 0.3) is 0 Å². The fourth-order valence-corrected chi connectivity index (χ4v) is 1.26. The van der Waals surface area contributed by atoms with Gasteiger partial charge >= 0.3 is 12.3 Å². The van der Waals surface area contributed by atoms with Gasteiger partial charge in [-0.05, 0) is 12.8 Å². The van der Waals surface area contributed by atoms with Crippen molar-refractivity contribution in [2.45, 2.75) is 31.2 Å². The van der Waals surface area contributed by atoms with E-state index in [-0.39, 0.29) is 19.1 Å². The van der Waals surface area contributed by atoms with Gasteiger partial charge in [-0.15, -0.1) is 0 Å². The van der Waals surface area contributed by atoms with Crippen LogP contribution in [0.3, 0.4) is 0 Å². The van der Waals surface area contributed by atoms with Crippen LogP contribution in [0.2, 0.25) is 0 Å². The zero-order valence-corrected chi connectivity index (χ0v) is 7.93. The second-order valence-corrected chi connectivity index (χ2v) is 3.44. The van der Waals surface area contributed by atoms with Crippen LogP contribution in [-0.2, 0) is 4.79 Å². The van der Waals surface area contributed by atoms with Crippen molar-refractivity contribution >= 4 is 5.91 Å². The highest BCUT2D eigenvalue weighted by Crippen LogP contribution is 2.32. The number of nitrogens with zero attached hydrogens (tertiary/aromatic N) is 1. The highest BCUT2D eigenvalue weighted by Gasteiger charge is 2.53. The van der Waals surface area contributed by atoms with Crippen molar-refractivity contribution < 1.29 is 22.4 Å². The largest absolute Gasteiger partial charge is 0.383 e. The third kappa shape index (κ3) is 2.58. The average molecular weight is 228 g/mol. The quantitative estimate of drug-likeness (QED) is 0.708. The van der Waals surface area contributed by atoms with Crippen LogP contribution in [-0.4, -0.2) is 42.3 Å². The highest BCUT2D eigenvalue weighted by molar-refractivity contribution is 5.84. The number of alkyl halides is 4. The Morgan fingerprint density at radius 3 is 2.33 bits per heavy atom. The molecule has 0 aromatic heterocycles. The van der Waals surface area contributed by atoms with Crippen LogP contribution >= 0.6 is 0 Å². The van der Waals surface area contributed by atoms with Gasteiger partial charge in [0.1, 0.15) is 0 Å². The third-order valence-electron chi connectivity index (χ3n) is 2.18. The first-order valence-electron chi connectivity index (χ1n) is 4.58. The lowest BCUT2D eigenvalue weighted by atomic mass is 10.3. The standard InChI is InChI=1S/C8H12F4N2O/c9-6(10)8(11,12)7(15)14(4-3-13)5-1-2-5/h5-6H,1-4,13H2. The first kappa shape index (κ1) is 12.2. The Kier molecular flexibility index (Phi) is 3.54. The van der Waals surface area contributed by atoms with Crippen molar-refractivity contribution in [2.75, 3.05) is 13.1 Å². The van der Waals surface area contributed by atoms with Crippen LogP contribution in [0.5, 0.6) is 0 Å². The van der Waals surface area contributed by atoms with Gasteiger partial charge in [-0.3, -0.25) is 4.79 Å². The van der Waals surface area contributed by atoms with E-state index in [0.717, 1.165) is 4.90 Å². The molecule has 1 amide bonds. The Morgan fingerprint density at radius 2 is 2.00 bits per heavy atom. The number of nitrogens with two attached hydrogens (primary N) is 1. The number of carbonyl (C=O) groups excluding carboxylic acids is 1. The fraction of sp³-hybridized carbons (Fsp3) is 0.875. The molecule has 1 aliphatic carbocycles. The molecule has 1 rings (SSSR count). The SMILES string of the molecule is NCCN(C(=O)C(F)(F)C(F)F)C1CC1. The summed E-state index contributed by atoms with van der Waals surface area (Å²) in [4.78, 5) is 11.9. The predicted octanol–water partition coefficient (Wildman–Crippen LogP) is 0.837. The molecule has 0 aromatic carbocycles. The van der Waals surface area contributed by atoms with E-state index in [1.807, 2.05) is 0 Å². The maximum atomic E-state index is 12.7. The second kappa shape index (κ2) is 4.34. The van der Waals surface area contributed by atoms with Gasteiger partial charge in [0.25, 0.3) is 5.91 Å². The monoisotopic (exact) mass is 228 g/mol. The first-order chi connectivity index (χ1) is 6.91. The Labute approximate surface area is 84.2 Å². The normalized spacial score (nSPS) is 16.9. The minimum Gasteiger partial charge on any atom is -0.333 e. The van der Waals surface area contributed by atoms with E-state index in [9.17, 15) is 22.4 Å². The van der Waals surface area contributed by atoms with Crippen molar-refractivity contribution in [3.05, 3.63) is 0 Å². The van der Waals surface area contributed by atoms with Crippen LogP contribution in [0, 0.1) is 0 Å². The van der Waals surface area contributed by atoms with Gasteiger partial charge in [0.15, 0.2) is 0 Å². The van der Waals surface area contributed by atoms with Gasteiger partial charge < -0.3 is 10.6 Å². The van der Waals surface area contributed by atoms with Crippen LogP contribution in [0.1, 0.15) is 12.8 Å². The maximum absolute atomic E-state index is 12.7. The molecule has 0 bridgehead atoms. The predicted molar refractivity (Wildman–Crippen MR) is 44.7 cm³/mol. The van der Waals surface area contributed by atoms with Crippen molar-refractivity contribution in [1.82, 2.24) is 4.90 Å². The Balaban J connectivity index is 2.70. The second-order valence-electron chi connectivity index (χ2n) is 3.44. The Morgan fingerprint density at radius 1 is 1.47 bits per heavy atom. The van der Waals surface area contributed by atoms with E-state index in [1.165, 1.54) is 0 Å². The number of rotatable bonds is 5. The summed E-state index contributed by atoms with van der Waals surface area (Å²) >= 11 is 0. The molecule has 15 heavy (non-hydrogen) atoms. The average Bonchev–Trinajstić information content (AvgIpc) is 2.96. The molecule has 88 valence electrons. The van der Waals surface area contributed by atoms with E-state index in [4.69, 9.17) is 5.73 Å². The smallest absolute Gasteiger partial charge is 0.333 e. The van der Waals surface area contributed by atoms with Gasteiger partial charge in [0.05, 0.1) is 0 Å². The summed E-state index contributed by atoms with van der Waals surface area (Å²) in [5, 5.41) is 0. The molecule has 1 fully saturated rings. The molecule has 1 saturated carbocycles. The molecule has 3 nitrogen and oxygen atoms in total. The molecule has 0 heterocycles. The van der Waals surface area contributed by atoms with Crippen LogP contribution in [0.4, 0.5) is 17.6 Å². The van der Waals surface area contributed by atoms with Crippen molar-refractivity contribution in [1.29, 1.82) is 0 Å². The molecule has 2 N–H and O–H groups in total. The molecular formula is C8H12F4N2O. The van der Waals surface area contributed by atoms with E-state index in [1.54, 1.807) is 0 Å². The lowest BCUT2D eigenvalue weighted by Gasteiger charge is -2.26. The zero-order chi connectivity index (χ0) is 11.6. The van der Waals surface area contributed by atoms with Crippen molar-refractivity contribution in [2.24, 2.45) is 5.73 Å². The number of halogens is 4. The zero-order valence-electron chi connectivity index (χ0n) is 7.93. The molecule has 0 saturated heterocycles. The molecule has 1 aliphatic rings. The van der Waals surface area contributed by atoms with E-state index >= 15 is 0 Å². The summed E-state index contributed by atoms with van der Waals surface area (Å²) in [5.41, 5.74) is 5.13. The fourth-order valence-electron chi connectivity index (χ4n) is 1.26. The van der Waals surface area contributed by atoms with Crippen LogP contribution in [0.15, 0.2) is 0 Å². The topological polar surface area (TPSA) is 46.3 Å². The van der Waals surface area contributed by atoms with E-state index < -0.39 is 18.3 Å². The molecule has 0 aromatic rings. The van der Waals surface area contributed by atoms with Crippen molar-refractivity contribution in [3.63, 3.8) is 0 Å². The summed E-state index contributed by atoms with van der Waals surface area (Å²) in [6, 6.07) is -0.342. The molecule has 0 atom stereocenters. The number of hydrogen-bond acceptors (Lipinski definition) is 2. The molecule has 0 unspecified atom stereocenters. The van der Waals surface area contributed by atoms with Gasteiger partial charge in [0.2, 0.25) is 0 Å². The highest BCUT2D eigenvalue weighted by atomic mass is 19.3. The Hall–Kier alpha value is -0.850. The van der Waals surface area contributed by atoms with E-state index in [0.29, 0.717) is 12.8 Å². The summed E-state index contributed by atoms with van der Waals surface area (Å²) in [5.74, 6) is -6.41. The summed E-state index contributed by atoms with van der Waals surface area (Å²) in [6.45, 7) is -0.118. The lowest BCUT2D eigenvalue weighted by Crippen LogP contribution is -2.50. The molecular weight excluding hydrogens is 216 g/mol. The minimum absolute atomic E-state index is 0.0123. The lowest BCUT2D eigenvalue weighted by molar-refractivity contribution is -0.181. The molecule has 7 heteroatoms.